The number of nitrogens with two attached hydrogens (primary N) is 1. The van der Waals surface area contributed by atoms with E-state index in [1.165, 1.54) is 12.1 Å². The van der Waals surface area contributed by atoms with Gasteiger partial charge >= 0.3 is 0 Å². The molecule has 0 aliphatic carbocycles. The van der Waals surface area contributed by atoms with Crippen LogP contribution >= 0.6 is 11.6 Å². The van der Waals surface area contributed by atoms with Crippen molar-refractivity contribution >= 4 is 17.4 Å². The minimum Gasteiger partial charge on any atom is -0.382 e. The minimum absolute atomic E-state index is 0.296. The predicted octanol–water partition coefficient (Wildman–Crippen LogP) is 4.43. The molecule has 3 rings (SSSR count). The maximum atomic E-state index is 13.1. The van der Waals surface area contributed by atoms with Gasteiger partial charge in [0.05, 0.1) is 16.3 Å². The summed E-state index contributed by atoms with van der Waals surface area (Å²) in [5.41, 5.74) is 10.1. The summed E-state index contributed by atoms with van der Waals surface area (Å²) in [6.07, 6.45) is 0. The van der Waals surface area contributed by atoms with E-state index in [2.05, 4.69) is 10.2 Å². The van der Waals surface area contributed by atoms with Crippen molar-refractivity contribution in [3.63, 3.8) is 0 Å². The zero-order valence-electron chi connectivity index (χ0n) is 11.3. The Morgan fingerprint density at radius 1 is 1.14 bits per heavy atom. The van der Waals surface area contributed by atoms with Crippen LogP contribution in [0.2, 0.25) is 5.02 Å². The Kier molecular flexibility index (Phi) is 3.39. The molecule has 0 aliphatic heterocycles. The molecule has 0 aliphatic rings. The molecule has 0 radical (unpaired) electrons. The molecule has 0 saturated heterocycles. The Bertz CT molecular complexity index is 794. The monoisotopic (exact) mass is 301 g/mol. The van der Waals surface area contributed by atoms with E-state index in [1.54, 1.807) is 12.1 Å². The largest absolute Gasteiger partial charge is 0.382 e. The normalized spacial score (nSPS) is 10.8. The third kappa shape index (κ3) is 2.50. The van der Waals surface area contributed by atoms with Crippen molar-refractivity contribution in [3.05, 3.63) is 58.9 Å². The molecular formula is C16H13ClFN3. The van der Waals surface area contributed by atoms with Gasteiger partial charge < -0.3 is 5.73 Å². The van der Waals surface area contributed by atoms with Gasteiger partial charge in [-0.1, -0.05) is 35.9 Å². The summed E-state index contributed by atoms with van der Waals surface area (Å²) in [7, 11) is 0. The molecule has 0 unspecified atom stereocenters. The lowest BCUT2D eigenvalue weighted by atomic mass is 10.00. The van der Waals surface area contributed by atoms with Crippen molar-refractivity contribution in [2.45, 2.75) is 6.92 Å². The van der Waals surface area contributed by atoms with Crippen LogP contribution in [0.1, 0.15) is 5.56 Å². The number of nitrogen functional groups attached to an aromatic ring is 1. The van der Waals surface area contributed by atoms with E-state index >= 15 is 0 Å². The number of rotatable bonds is 2. The third-order valence-electron chi connectivity index (χ3n) is 3.32. The molecule has 0 spiro atoms. The Labute approximate surface area is 126 Å². The van der Waals surface area contributed by atoms with Crippen LogP contribution in [0.15, 0.2) is 42.5 Å². The first-order valence-corrected chi connectivity index (χ1v) is 6.80. The second-order valence-electron chi connectivity index (χ2n) is 4.85. The maximum Gasteiger partial charge on any atom is 0.153 e. The summed E-state index contributed by atoms with van der Waals surface area (Å²) >= 11 is 6.31. The van der Waals surface area contributed by atoms with Gasteiger partial charge in [-0.15, -0.1) is 0 Å². The molecule has 0 fully saturated rings. The summed E-state index contributed by atoms with van der Waals surface area (Å²) in [4.78, 5) is 0. The summed E-state index contributed by atoms with van der Waals surface area (Å²) in [6.45, 7) is 1.97. The van der Waals surface area contributed by atoms with E-state index in [0.717, 1.165) is 27.9 Å². The minimum atomic E-state index is -0.296. The lowest BCUT2D eigenvalue weighted by Crippen LogP contribution is -1.89. The number of anilines is 1. The van der Waals surface area contributed by atoms with Crippen molar-refractivity contribution in [3.8, 4) is 22.4 Å². The van der Waals surface area contributed by atoms with E-state index in [4.69, 9.17) is 17.3 Å². The standard InChI is InChI=1S/C16H13ClFN3/c1-9-2-7-12(13(17)8-9)15-14(16(19)21-20-15)10-3-5-11(18)6-4-10/h2-8H,1H3,(H3,19,20,21). The molecule has 1 heterocycles. The van der Waals surface area contributed by atoms with Crippen molar-refractivity contribution in [2.75, 3.05) is 5.73 Å². The molecule has 0 atom stereocenters. The highest BCUT2D eigenvalue weighted by Gasteiger charge is 2.16. The highest BCUT2D eigenvalue weighted by molar-refractivity contribution is 6.33. The molecular weight excluding hydrogens is 289 g/mol. The van der Waals surface area contributed by atoms with Crippen molar-refractivity contribution < 1.29 is 4.39 Å². The average molecular weight is 302 g/mol. The number of hydrogen-bond acceptors (Lipinski definition) is 2. The number of hydrogen-bond donors (Lipinski definition) is 2. The Morgan fingerprint density at radius 2 is 1.86 bits per heavy atom. The number of H-pyrrole nitrogens is 1. The fourth-order valence-electron chi connectivity index (χ4n) is 2.28. The Balaban J connectivity index is 2.19. The van der Waals surface area contributed by atoms with E-state index < -0.39 is 0 Å². The fourth-order valence-corrected chi connectivity index (χ4v) is 2.61. The quantitative estimate of drug-likeness (QED) is 0.736. The lowest BCUT2D eigenvalue weighted by Gasteiger charge is -2.07. The Hall–Kier alpha value is -2.33. The molecule has 1 aromatic heterocycles. The maximum absolute atomic E-state index is 13.1. The molecule has 0 amide bonds. The van der Waals surface area contributed by atoms with Gasteiger partial charge in [-0.05, 0) is 36.2 Å². The second kappa shape index (κ2) is 5.22. The van der Waals surface area contributed by atoms with Gasteiger partial charge in [0.1, 0.15) is 5.82 Å². The number of nitrogens with one attached hydrogen (secondary N) is 1. The first-order chi connectivity index (χ1) is 10.1. The van der Waals surface area contributed by atoms with Gasteiger partial charge in [-0.2, -0.15) is 5.10 Å². The molecule has 0 bridgehead atoms. The molecule has 106 valence electrons. The number of benzene rings is 2. The molecule has 3 aromatic rings. The van der Waals surface area contributed by atoms with Crippen LogP contribution in [0.3, 0.4) is 0 Å². The van der Waals surface area contributed by atoms with Crippen molar-refractivity contribution in [1.82, 2.24) is 10.2 Å². The zero-order valence-corrected chi connectivity index (χ0v) is 12.1. The van der Waals surface area contributed by atoms with Gasteiger partial charge in [0, 0.05) is 5.56 Å². The summed E-state index contributed by atoms with van der Waals surface area (Å²) in [5, 5.41) is 7.58. The molecule has 3 N–H and O–H groups in total. The van der Waals surface area contributed by atoms with Crippen LogP contribution in [0.5, 0.6) is 0 Å². The number of aromatic nitrogens is 2. The first kappa shape index (κ1) is 13.6. The van der Waals surface area contributed by atoms with E-state index in [9.17, 15) is 4.39 Å². The Morgan fingerprint density at radius 3 is 2.52 bits per heavy atom. The lowest BCUT2D eigenvalue weighted by molar-refractivity contribution is 0.628. The SMILES string of the molecule is Cc1ccc(-c2[nH]nc(N)c2-c2ccc(F)cc2)c(Cl)c1. The molecule has 5 heteroatoms. The topological polar surface area (TPSA) is 54.7 Å². The zero-order chi connectivity index (χ0) is 15.0. The highest BCUT2D eigenvalue weighted by atomic mass is 35.5. The van der Waals surface area contributed by atoms with Crippen LogP contribution in [-0.4, -0.2) is 10.2 Å². The summed E-state index contributed by atoms with van der Waals surface area (Å²) < 4.78 is 13.1. The molecule has 3 nitrogen and oxygen atoms in total. The van der Waals surface area contributed by atoms with Crippen LogP contribution < -0.4 is 5.73 Å². The van der Waals surface area contributed by atoms with Gasteiger partial charge in [0.15, 0.2) is 5.82 Å². The van der Waals surface area contributed by atoms with Gasteiger partial charge in [0.25, 0.3) is 0 Å². The first-order valence-electron chi connectivity index (χ1n) is 6.42. The van der Waals surface area contributed by atoms with Crippen LogP contribution in [0, 0.1) is 12.7 Å². The summed E-state index contributed by atoms with van der Waals surface area (Å²) in [5.74, 6) is 0.0592. The molecule has 2 aromatic carbocycles. The third-order valence-corrected chi connectivity index (χ3v) is 3.63. The fraction of sp³-hybridized carbons (Fsp3) is 0.0625. The van der Waals surface area contributed by atoms with Crippen molar-refractivity contribution in [1.29, 1.82) is 0 Å². The highest BCUT2D eigenvalue weighted by Crippen LogP contribution is 2.37. The van der Waals surface area contributed by atoms with Crippen LogP contribution in [-0.2, 0) is 0 Å². The van der Waals surface area contributed by atoms with Crippen LogP contribution in [0.4, 0.5) is 10.2 Å². The number of aryl methyl sites for hydroxylation is 1. The van der Waals surface area contributed by atoms with E-state index in [0.29, 0.717) is 10.8 Å². The second-order valence-corrected chi connectivity index (χ2v) is 5.26. The van der Waals surface area contributed by atoms with E-state index in [-0.39, 0.29) is 5.82 Å². The number of aromatic amines is 1. The van der Waals surface area contributed by atoms with Gasteiger partial charge in [0.2, 0.25) is 0 Å². The number of nitrogens with zero attached hydrogens (tertiary/aromatic N) is 1. The average Bonchev–Trinajstić information content (AvgIpc) is 2.82. The van der Waals surface area contributed by atoms with Gasteiger partial charge in [-0.25, -0.2) is 4.39 Å². The smallest absolute Gasteiger partial charge is 0.153 e. The molecule has 0 saturated carbocycles. The number of halogens is 2. The van der Waals surface area contributed by atoms with Crippen LogP contribution in [0.25, 0.3) is 22.4 Å². The van der Waals surface area contributed by atoms with E-state index in [1.807, 2.05) is 25.1 Å². The predicted molar refractivity (Wildman–Crippen MR) is 83.6 cm³/mol. The van der Waals surface area contributed by atoms with Crippen molar-refractivity contribution in [2.24, 2.45) is 0 Å². The molecule has 21 heavy (non-hydrogen) atoms. The summed E-state index contributed by atoms with van der Waals surface area (Å²) in [6, 6.07) is 11.9. The van der Waals surface area contributed by atoms with Gasteiger partial charge in [-0.3, -0.25) is 5.10 Å².